The number of likely N-dealkylation sites (tertiary alicyclic amines) is 1. The SMILES string of the molecule is CC(C)(C)OC(=O)N1CCC(n2cc3cc(N4C(=S)N(c5cnc(C#N)c(C(F)(F)F)c5)C(=O)C45CCC5)ccc3n2)CC1. The molecule has 4 heterocycles. The van der Waals surface area contributed by atoms with Crippen LogP contribution in [0.15, 0.2) is 36.7 Å². The summed E-state index contributed by atoms with van der Waals surface area (Å²) in [5, 5.41) is 14.8. The molecule has 0 unspecified atom stereocenters. The van der Waals surface area contributed by atoms with Gasteiger partial charge in [0.2, 0.25) is 0 Å². The Hall–Kier alpha value is -4.25. The van der Waals surface area contributed by atoms with Crippen LogP contribution in [-0.2, 0) is 15.7 Å². The van der Waals surface area contributed by atoms with Crippen LogP contribution in [0.2, 0.25) is 0 Å². The van der Waals surface area contributed by atoms with Crippen LogP contribution in [0.3, 0.4) is 0 Å². The van der Waals surface area contributed by atoms with Gasteiger partial charge in [-0.1, -0.05) is 0 Å². The fourth-order valence-corrected chi connectivity index (χ4v) is 6.56. The van der Waals surface area contributed by atoms with Gasteiger partial charge in [-0.2, -0.15) is 23.5 Å². The standard InChI is InChI=1S/C30H30F3N7O3S/c1-28(2,3)43-27(42)37-11-7-19(8-12-37)38-17-18-13-20(5-6-23(18)36-38)40-26(44)39(25(41)29(40)9-4-10-29)21-14-22(30(31,32)33)24(15-34)35-16-21/h5-6,13-14,16-17,19H,4,7-12H2,1-3H3. The first-order valence-corrected chi connectivity index (χ1v) is 14.8. The van der Waals surface area contributed by atoms with Crippen molar-refractivity contribution in [1.82, 2.24) is 19.7 Å². The zero-order valence-electron chi connectivity index (χ0n) is 24.4. The van der Waals surface area contributed by atoms with Gasteiger partial charge in [0.05, 0.1) is 29.0 Å². The fraction of sp³-hybridized carbons (Fsp3) is 0.467. The summed E-state index contributed by atoms with van der Waals surface area (Å²) in [4.78, 5) is 34.5. The first-order chi connectivity index (χ1) is 20.7. The Bertz CT molecular complexity index is 1710. The number of hydrogen-bond donors (Lipinski definition) is 0. The largest absolute Gasteiger partial charge is 0.444 e. The van der Waals surface area contributed by atoms with E-state index in [1.807, 2.05) is 49.8 Å². The zero-order chi connectivity index (χ0) is 31.6. The molecule has 44 heavy (non-hydrogen) atoms. The monoisotopic (exact) mass is 625 g/mol. The minimum Gasteiger partial charge on any atom is -0.444 e. The van der Waals surface area contributed by atoms with Crippen molar-refractivity contribution in [3.63, 3.8) is 0 Å². The third-order valence-corrected chi connectivity index (χ3v) is 8.75. The van der Waals surface area contributed by atoms with Crippen LogP contribution in [0.25, 0.3) is 10.9 Å². The molecular weight excluding hydrogens is 595 g/mol. The number of alkyl halides is 3. The van der Waals surface area contributed by atoms with Crippen molar-refractivity contribution >= 4 is 51.6 Å². The number of thiocarbonyl (C=S) groups is 1. The van der Waals surface area contributed by atoms with Crippen molar-refractivity contribution in [3.05, 3.63) is 47.9 Å². The number of ether oxygens (including phenoxy) is 1. The van der Waals surface area contributed by atoms with Gasteiger partial charge in [-0.05, 0) is 89.4 Å². The van der Waals surface area contributed by atoms with Gasteiger partial charge in [-0.25, -0.2) is 9.78 Å². The van der Waals surface area contributed by atoms with Crippen LogP contribution in [0, 0.1) is 11.3 Å². The Morgan fingerprint density at radius 2 is 1.84 bits per heavy atom. The lowest BCUT2D eigenvalue weighted by atomic mass is 9.75. The maximum atomic E-state index is 13.8. The number of rotatable bonds is 3. The average molecular weight is 626 g/mol. The predicted octanol–water partition coefficient (Wildman–Crippen LogP) is 5.95. The van der Waals surface area contributed by atoms with Gasteiger partial charge in [0.25, 0.3) is 5.91 Å². The van der Waals surface area contributed by atoms with E-state index in [9.17, 15) is 22.8 Å². The molecule has 0 bridgehead atoms. The molecule has 1 aliphatic carbocycles. The lowest BCUT2D eigenvalue weighted by molar-refractivity contribution is -0.138. The predicted molar refractivity (Wildman–Crippen MR) is 159 cm³/mol. The number of carbonyl (C=O) groups excluding carboxylic acids is 2. The molecule has 0 atom stereocenters. The molecule has 230 valence electrons. The van der Waals surface area contributed by atoms with Gasteiger partial charge in [0.1, 0.15) is 17.2 Å². The van der Waals surface area contributed by atoms with Crippen molar-refractivity contribution in [2.45, 2.75) is 76.2 Å². The molecule has 1 spiro atoms. The second-order valence-electron chi connectivity index (χ2n) is 12.4. The third kappa shape index (κ3) is 5.02. The number of nitrogens with zero attached hydrogens (tertiary/aromatic N) is 7. The maximum Gasteiger partial charge on any atom is 0.419 e. The molecule has 3 fully saturated rings. The Morgan fingerprint density at radius 3 is 2.43 bits per heavy atom. The Labute approximate surface area is 257 Å². The number of aromatic nitrogens is 3. The van der Waals surface area contributed by atoms with Crippen LogP contribution in [-0.4, -0.2) is 61.0 Å². The topological polar surface area (TPSA) is 108 Å². The van der Waals surface area contributed by atoms with Gasteiger partial charge in [0.15, 0.2) is 10.8 Å². The molecule has 6 rings (SSSR count). The van der Waals surface area contributed by atoms with E-state index in [4.69, 9.17) is 27.3 Å². The number of halogens is 3. The third-order valence-electron chi connectivity index (χ3n) is 8.39. The lowest BCUT2D eigenvalue weighted by Crippen LogP contribution is -2.55. The molecule has 3 aliphatic rings. The lowest BCUT2D eigenvalue weighted by Gasteiger charge is -2.43. The van der Waals surface area contributed by atoms with E-state index in [1.165, 1.54) is 6.07 Å². The molecule has 1 aromatic carbocycles. The minimum atomic E-state index is -4.83. The number of hydrogen-bond acceptors (Lipinski definition) is 7. The number of piperidine rings is 1. The molecule has 0 N–H and O–H groups in total. The number of carbonyl (C=O) groups is 2. The van der Waals surface area contributed by atoms with E-state index in [2.05, 4.69) is 4.98 Å². The van der Waals surface area contributed by atoms with Crippen LogP contribution in [0.5, 0.6) is 0 Å². The van der Waals surface area contributed by atoms with Gasteiger partial charge in [-0.3, -0.25) is 14.4 Å². The Kier molecular flexibility index (Phi) is 7.07. The smallest absolute Gasteiger partial charge is 0.419 e. The van der Waals surface area contributed by atoms with Crippen LogP contribution >= 0.6 is 12.2 Å². The molecule has 2 aliphatic heterocycles. The van der Waals surface area contributed by atoms with Gasteiger partial charge >= 0.3 is 12.3 Å². The van der Waals surface area contributed by atoms with E-state index >= 15 is 0 Å². The number of fused-ring (bicyclic) bond motifs is 1. The Balaban J connectivity index is 1.26. The summed E-state index contributed by atoms with van der Waals surface area (Å²) in [6, 6.07) is 7.84. The average Bonchev–Trinajstić information content (AvgIpc) is 3.46. The highest BCUT2D eigenvalue weighted by Gasteiger charge is 2.59. The van der Waals surface area contributed by atoms with Crippen molar-refractivity contribution in [1.29, 1.82) is 5.26 Å². The van der Waals surface area contributed by atoms with Crippen molar-refractivity contribution in [3.8, 4) is 6.07 Å². The van der Waals surface area contributed by atoms with Crippen molar-refractivity contribution in [2.24, 2.45) is 0 Å². The molecular formula is C30H30F3N7O3S. The summed E-state index contributed by atoms with van der Waals surface area (Å²) < 4.78 is 48.5. The van der Waals surface area contributed by atoms with Crippen molar-refractivity contribution in [2.75, 3.05) is 22.9 Å². The second kappa shape index (κ2) is 10.4. The Morgan fingerprint density at radius 1 is 1.14 bits per heavy atom. The number of benzene rings is 1. The molecule has 0 radical (unpaired) electrons. The summed E-state index contributed by atoms with van der Waals surface area (Å²) in [5.74, 6) is -0.416. The zero-order valence-corrected chi connectivity index (χ0v) is 25.2. The van der Waals surface area contributed by atoms with Crippen molar-refractivity contribution < 1.29 is 27.5 Å². The molecule has 2 saturated heterocycles. The molecule has 1 saturated carbocycles. The highest BCUT2D eigenvalue weighted by atomic mass is 32.1. The fourth-order valence-electron chi connectivity index (χ4n) is 6.09. The number of amides is 2. The van der Waals surface area contributed by atoms with E-state index < -0.39 is 34.5 Å². The molecule has 10 nitrogen and oxygen atoms in total. The molecule has 3 aromatic rings. The summed E-state index contributed by atoms with van der Waals surface area (Å²) in [7, 11) is 0. The minimum absolute atomic E-state index is 0.0515. The molecule has 2 aromatic heterocycles. The van der Waals surface area contributed by atoms with Crippen LogP contribution in [0.1, 0.15) is 70.2 Å². The van der Waals surface area contributed by atoms with Gasteiger partial charge in [-0.15, -0.1) is 0 Å². The van der Waals surface area contributed by atoms with Crippen LogP contribution < -0.4 is 9.80 Å². The summed E-state index contributed by atoms with van der Waals surface area (Å²) >= 11 is 5.74. The van der Waals surface area contributed by atoms with Gasteiger partial charge in [0, 0.05) is 30.4 Å². The summed E-state index contributed by atoms with van der Waals surface area (Å²) in [6.07, 6.45) is 1.02. The second-order valence-corrected chi connectivity index (χ2v) is 12.8. The molecule has 2 amide bonds. The first-order valence-electron chi connectivity index (χ1n) is 14.3. The highest BCUT2D eigenvalue weighted by Crippen LogP contribution is 2.48. The first kappa shape index (κ1) is 29.8. The number of anilines is 2. The summed E-state index contributed by atoms with van der Waals surface area (Å²) in [5.41, 5.74) is -2.33. The van der Waals surface area contributed by atoms with E-state index in [0.29, 0.717) is 44.5 Å². The van der Waals surface area contributed by atoms with Crippen LogP contribution in [0.4, 0.5) is 29.3 Å². The number of pyridine rings is 1. The molecule has 14 heteroatoms. The number of nitriles is 1. The highest BCUT2D eigenvalue weighted by molar-refractivity contribution is 7.81. The van der Waals surface area contributed by atoms with E-state index in [1.54, 1.807) is 9.80 Å². The maximum absolute atomic E-state index is 13.8. The normalized spacial score (nSPS) is 19.1. The van der Waals surface area contributed by atoms with Gasteiger partial charge < -0.3 is 14.5 Å². The van der Waals surface area contributed by atoms with E-state index in [0.717, 1.165) is 34.5 Å². The summed E-state index contributed by atoms with van der Waals surface area (Å²) in [6.45, 7) is 6.60. The quantitative estimate of drug-likeness (QED) is 0.329. The van der Waals surface area contributed by atoms with E-state index in [-0.39, 0.29) is 22.9 Å².